The summed E-state index contributed by atoms with van der Waals surface area (Å²) in [5, 5.41) is 8.19. The molecule has 1 saturated heterocycles. The highest BCUT2D eigenvalue weighted by molar-refractivity contribution is 8.00. The van der Waals surface area contributed by atoms with Gasteiger partial charge >= 0.3 is 0 Å². The molecule has 1 N–H and O–H groups in total. The van der Waals surface area contributed by atoms with Crippen molar-refractivity contribution in [3.63, 3.8) is 0 Å². The number of hydrogen-bond acceptors (Lipinski definition) is 4. The maximum Gasteiger partial charge on any atom is 0.193 e. The minimum Gasteiger partial charge on any atom is -0.361 e. The maximum atomic E-state index is 5.21. The molecule has 0 radical (unpaired) electrons. The molecule has 0 aromatic carbocycles. The van der Waals surface area contributed by atoms with Gasteiger partial charge in [0, 0.05) is 43.2 Å². The van der Waals surface area contributed by atoms with Gasteiger partial charge in [-0.2, -0.15) is 11.8 Å². The summed E-state index contributed by atoms with van der Waals surface area (Å²) in [7, 11) is 1.87. The Morgan fingerprint density at radius 1 is 1.50 bits per heavy atom. The van der Waals surface area contributed by atoms with E-state index in [0.717, 1.165) is 43.5 Å². The van der Waals surface area contributed by atoms with Crippen LogP contribution in [0.1, 0.15) is 30.9 Å². The van der Waals surface area contributed by atoms with E-state index >= 15 is 0 Å². The lowest BCUT2D eigenvalue weighted by atomic mass is 10.1. The number of nitrogens with one attached hydrogen (secondary N) is 1. The predicted molar refractivity (Wildman–Crippen MR) is 93.7 cm³/mol. The second-order valence-corrected chi connectivity index (χ2v) is 7.47. The van der Waals surface area contributed by atoms with Gasteiger partial charge in [0.25, 0.3) is 0 Å². The molecule has 1 atom stereocenters. The van der Waals surface area contributed by atoms with E-state index in [-0.39, 0.29) is 0 Å². The van der Waals surface area contributed by atoms with Crippen molar-refractivity contribution in [3.05, 3.63) is 17.0 Å². The van der Waals surface area contributed by atoms with Crippen LogP contribution in [0.25, 0.3) is 0 Å². The summed E-state index contributed by atoms with van der Waals surface area (Å²) < 4.78 is 5.21. The van der Waals surface area contributed by atoms with Crippen LogP contribution in [0.3, 0.4) is 0 Å². The third-order valence-corrected chi connectivity index (χ3v) is 5.73. The van der Waals surface area contributed by atoms with Gasteiger partial charge in [-0.1, -0.05) is 19.0 Å². The zero-order valence-electron chi connectivity index (χ0n) is 14.3. The van der Waals surface area contributed by atoms with Gasteiger partial charge in [0.15, 0.2) is 5.96 Å². The molecule has 5 nitrogen and oxygen atoms in total. The van der Waals surface area contributed by atoms with E-state index in [1.54, 1.807) is 0 Å². The van der Waals surface area contributed by atoms with Gasteiger partial charge < -0.3 is 14.7 Å². The molecule has 1 fully saturated rings. The summed E-state index contributed by atoms with van der Waals surface area (Å²) in [4.78, 5) is 6.84. The Morgan fingerprint density at radius 3 is 2.86 bits per heavy atom. The molecule has 0 amide bonds. The topological polar surface area (TPSA) is 53.7 Å². The molecule has 0 spiro atoms. The van der Waals surface area contributed by atoms with Crippen molar-refractivity contribution < 1.29 is 4.52 Å². The molecule has 6 heteroatoms. The normalized spacial score (nSPS) is 19.8. The minimum absolute atomic E-state index is 0.690. The number of rotatable bonds is 4. The number of aliphatic imine (C=N–C) groups is 1. The van der Waals surface area contributed by atoms with Crippen molar-refractivity contribution in [2.45, 2.75) is 39.4 Å². The van der Waals surface area contributed by atoms with Crippen molar-refractivity contribution in [1.82, 2.24) is 15.4 Å². The lowest BCUT2D eigenvalue weighted by Gasteiger charge is -2.36. The highest BCUT2D eigenvalue weighted by Gasteiger charge is 2.24. The molecular formula is C16H28N4OS. The molecule has 1 aliphatic heterocycles. The number of guanidine groups is 1. The average molecular weight is 324 g/mol. The second-order valence-electron chi connectivity index (χ2n) is 6.13. The molecule has 1 unspecified atom stereocenters. The van der Waals surface area contributed by atoms with E-state index in [1.165, 1.54) is 11.3 Å². The first-order valence-electron chi connectivity index (χ1n) is 8.01. The van der Waals surface area contributed by atoms with Crippen LogP contribution < -0.4 is 5.32 Å². The largest absolute Gasteiger partial charge is 0.361 e. The van der Waals surface area contributed by atoms with Crippen molar-refractivity contribution in [1.29, 1.82) is 0 Å². The van der Waals surface area contributed by atoms with E-state index in [1.807, 2.05) is 20.9 Å². The van der Waals surface area contributed by atoms with Crippen molar-refractivity contribution >= 4 is 17.7 Å². The van der Waals surface area contributed by atoms with Crippen LogP contribution in [0.2, 0.25) is 0 Å². The molecular weight excluding hydrogens is 296 g/mol. The Bertz CT molecular complexity index is 493. The fourth-order valence-corrected chi connectivity index (χ4v) is 4.06. The number of hydrogen-bond donors (Lipinski definition) is 1. The van der Waals surface area contributed by atoms with Gasteiger partial charge in [0.05, 0.1) is 5.69 Å². The van der Waals surface area contributed by atoms with Gasteiger partial charge in [-0.05, 0) is 26.2 Å². The Labute approximate surface area is 137 Å². The fraction of sp³-hybridized carbons (Fsp3) is 0.750. The smallest absolute Gasteiger partial charge is 0.193 e. The van der Waals surface area contributed by atoms with Gasteiger partial charge in [-0.3, -0.25) is 4.99 Å². The minimum atomic E-state index is 0.690. The van der Waals surface area contributed by atoms with Gasteiger partial charge in [-0.25, -0.2) is 0 Å². The summed E-state index contributed by atoms with van der Waals surface area (Å²) >= 11 is 2.08. The molecule has 0 saturated carbocycles. The molecule has 22 heavy (non-hydrogen) atoms. The van der Waals surface area contributed by atoms with Crippen LogP contribution in [0.5, 0.6) is 0 Å². The Kier molecular flexibility index (Phi) is 6.17. The molecule has 0 aliphatic carbocycles. The molecule has 0 bridgehead atoms. The standard InChI is InChI=1S/C16H28N4OS/c1-11(2)15-10-20(8-9-22-15)16(17-5)18-7-6-14-12(3)19-21-13(14)4/h11,15H,6-10H2,1-5H3,(H,17,18). The van der Waals surface area contributed by atoms with Crippen molar-refractivity contribution in [2.24, 2.45) is 10.9 Å². The van der Waals surface area contributed by atoms with E-state index in [2.05, 4.69) is 46.0 Å². The number of thioether (sulfide) groups is 1. The predicted octanol–water partition coefficient (Wildman–Crippen LogP) is 2.48. The lowest BCUT2D eigenvalue weighted by Crippen LogP contribution is -2.49. The van der Waals surface area contributed by atoms with Crippen molar-refractivity contribution in [2.75, 3.05) is 32.4 Å². The summed E-state index contributed by atoms with van der Waals surface area (Å²) in [5.41, 5.74) is 2.20. The molecule has 2 heterocycles. The first-order valence-corrected chi connectivity index (χ1v) is 9.06. The summed E-state index contributed by atoms with van der Waals surface area (Å²) in [6.45, 7) is 11.6. The van der Waals surface area contributed by atoms with E-state index in [9.17, 15) is 0 Å². The van der Waals surface area contributed by atoms with E-state index < -0.39 is 0 Å². The monoisotopic (exact) mass is 324 g/mol. The number of aromatic nitrogens is 1. The summed E-state index contributed by atoms with van der Waals surface area (Å²) in [5.74, 6) is 3.81. The molecule has 124 valence electrons. The van der Waals surface area contributed by atoms with E-state index in [0.29, 0.717) is 11.2 Å². The number of aryl methyl sites for hydroxylation is 2. The highest BCUT2D eigenvalue weighted by atomic mass is 32.2. The zero-order chi connectivity index (χ0) is 16.1. The quantitative estimate of drug-likeness (QED) is 0.681. The van der Waals surface area contributed by atoms with Crippen LogP contribution in [-0.2, 0) is 6.42 Å². The Hall–Kier alpha value is -1.17. The van der Waals surface area contributed by atoms with Crippen LogP contribution >= 0.6 is 11.8 Å². The molecule has 2 rings (SSSR count). The molecule has 1 aromatic heterocycles. The van der Waals surface area contributed by atoms with Crippen LogP contribution in [-0.4, -0.2) is 53.7 Å². The Morgan fingerprint density at radius 2 is 2.27 bits per heavy atom. The fourth-order valence-electron chi connectivity index (χ4n) is 2.76. The van der Waals surface area contributed by atoms with Crippen molar-refractivity contribution in [3.8, 4) is 0 Å². The third kappa shape index (κ3) is 4.18. The average Bonchev–Trinajstić information content (AvgIpc) is 2.83. The lowest BCUT2D eigenvalue weighted by molar-refractivity contribution is 0.381. The third-order valence-electron chi connectivity index (χ3n) is 4.19. The summed E-state index contributed by atoms with van der Waals surface area (Å²) in [6, 6.07) is 0. The van der Waals surface area contributed by atoms with Gasteiger partial charge in [0.1, 0.15) is 5.76 Å². The van der Waals surface area contributed by atoms with Crippen LogP contribution in [0, 0.1) is 19.8 Å². The van der Waals surface area contributed by atoms with Gasteiger partial charge in [-0.15, -0.1) is 0 Å². The first-order chi connectivity index (χ1) is 10.5. The van der Waals surface area contributed by atoms with Gasteiger partial charge in [0.2, 0.25) is 0 Å². The molecule has 1 aliphatic rings. The SMILES string of the molecule is CN=C(NCCc1c(C)noc1C)N1CCSC(C(C)C)C1. The highest BCUT2D eigenvalue weighted by Crippen LogP contribution is 2.24. The number of nitrogens with zero attached hydrogens (tertiary/aromatic N) is 3. The molecule has 1 aromatic rings. The first kappa shape index (κ1) is 17.2. The Balaban J connectivity index is 1.87. The van der Waals surface area contributed by atoms with Crippen LogP contribution in [0.4, 0.5) is 0 Å². The second kappa shape index (κ2) is 7.90. The maximum absolute atomic E-state index is 5.21. The summed E-state index contributed by atoms with van der Waals surface area (Å²) in [6.07, 6.45) is 0.913. The van der Waals surface area contributed by atoms with Crippen LogP contribution in [0.15, 0.2) is 9.52 Å². The van der Waals surface area contributed by atoms with E-state index in [4.69, 9.17) is 4.52 Å². The zero-order valence-corrected chi connectivity index (χ0v) is 15.2.